The number of nitrogens with one attached hydrogen (secondary N) is 4. The van der Waals surface area contributed by atoms with Crippen LogP contribution in [0.5, 0.6) is 0 Å². The molecule has 6 rings (SSSR count). The fraction of sp³-hybridized carbons (Fsp3) is 0.474. The molecular formula is C38H48N8O7. The number of carbonyl (C=O) groups is 4. The second kappa shape index (κ2) is 15.7. The predicted molar refractivity (Wildman–Crippen MR) is 196 cm³/mol. The number of aliphatic hydroxyl groups is 1. The topological polar surface area (TPSA) is 195 Å². The summed E-state index contributed by atoms with van der Waals surface area (Å²) in [5.74, 6) is 0.390. The highest BCUT2D eigenvalue weighted by atomic mass is 16.5. The third-order valence-electron chi connectivity index (χ3n) is 10.2. The summed E-state index contributed by atoms with van der Waals surface area (Å²) < 4.78 is 9.47. The molecule has 0 spiro atoms. The zero-order valence-corrected chi connectivity index (χ0v) is 30.9. The van der Waals surface area contributed by atoms with Crippen LogP contribution >= 0.6 is 0 Å². The van der Waals surface area contributed by atoms with Crippen LogP contribution in [0.25, 0.3) is 33.4 Å². The van der Waals surface area contributed by atoms with Crippen LogP contribution in [-0.4, -0.2) is 104 Å². The number of ether oxygens (including phenoxy) is 2. The monoisotopic (exact) mass is 728 g/mol. The first-order valence-corrected chi connectivity index (χ1v) is 18.0. The number of aromatic amines is 2. The molecule has 4 heterocycles. The summed E-state index contributed by atoms with van der Waals surface area (Å²) in [5, 5.41) is 16.2. The summed E-state index contributed by atoms with van der Waals surface area (Å²) in [7, 11) is 2.53. The Morgan fingerprint density at radius 1 is 0.792 bits per heavy atom. The Morgan fingerprint density at radius 2 is 1.40 bits per heavy atom. The minimum Gasteiger partial charge on any atom is -0.453 e. The number of methoxy groups -OCH3 is 2. The van der Waals surface area contributed by atoms with Crippen molar-refractivity contribution >= 4 is 35.0 Å². The number of imidazole rings is 2. The number of fused-ring (bicyclic) bond motifs is 1. The maximum absolute atomic E-state index is 13.6. The number of hydrogen-bond donors (Lipinski definition) is 5. The average molecular weight is 729 g/mol. The Hall–Kier alpha value is -5.44. The molecule has 4 amide bonds. The van der Waals surface area contributed by atoms with Crippen LogP contribution in [0.15, 0.2) is 48.7 Å². The van der Waals surface area contributed by atoms with Crippen molar-refractivity contribution in [1.82, 2.24) is 40.4 Å². The van der Waals surface area contributed by atoms with Crippen molar-refractivity contribution in [3.63, 3.8) is 0 Å². The van der Waals surface area contributed by atoms with Gasteiger partial charge in [-0.2, -0.15) is 0 Å². The molecule has 5 atom stereocenters. The molecule has 0 bridgehead atoms. The Labute approximate surface area is 307 Å². The van der Waals surface area contributed by atoms with E-state index < -0.39 is 36.4 Å². The lowest BCUT2D eigenvalue weighted by molar-refractivity contribution is -0.136. The SMILES string of the molecule is COC(=O)N[C@H](C(=O)N1CC[C@H](O)[C@H]1c1ncc(-c2ccc(-c3ccc4nc([C@@H]5CCCN5C(=O)[C@@H](NC(=O)OC)C(C)C)[nH]c4c3)cc2)[nH]1)C(C)C. The Bertz CT molecular complexity index is 1950. The lowest BCUT2D eigenvalue weighted by Crippen LogP contribution is -2.51. The molecule has 0 unspecified atom stereocenters. The summed E-state index contributed by atoms with van der Waals surface area (Å²) in [6.07, 6.45) is 1.52. The Balaban J connectivity index is 1.17. The van der Waals surface area contributed by atoms with Gasteiger partial charge in [0.1, 0.15) is 29.8 Å². The van der Waals surface area contributed by atoms with Crippen LogP contribution in [-0.2, 0) is 19.1 Å². The van der Waals surface area contributed by atoms with Gasteiger partial charge in [-0.1, -0.05) is 58.0 Å². The summed E-state index contributed by atoms with van der Waals surface area (Å²) in [6.45, 7) is 8.36. The van der Waals surface area contributed by atoms with Crippen molar-refractivity contribution in [1.29, 1.82) is 0 Å². The second-order valence-corrected chi connectivity index (χ2v) is 14.4. The Morgan fingerprint density at radius 3 is 2.02 bits per heavy atom. The summed E-state index contributed by atoms with van der Waals surface area (Å²) in [5.41, 5.74) is 5.22. The van der Waals surface area contributed by atoms with Gasteiger partial charge in [0.15, 0.2) is 0 Å². The van der Waals surface area contributed by atoms with Gasteiger partial charge in [0.2, 0.25) is 11.8 Å². The molecule has 53 heavy (non-hydrogen) atoms. The first-order chi connectivity index (χ1) is 25.4. The second-order valence-electron chi connectivity index (χ2n) is 14.4. The molecular weight excluding hydrogens is 680 g/mol. The van der Waals surface area contributed by atoms with E-state index in [1.165, 1.54) is 14.2 Å². The van der Waals surface area contributed by atoms with Crippen LogP contribution in [0.1, 0.15) is 70.7 Å². The molecule has 4 aromatic rings. The fourth-order valence-corrected chi connectivity index (χ4v) is 7.27. The van der Waals surface area contributed by atoms with E-state index in [0.717, 1.165) is 46.3 Å². The van der Waals surface area contributed by atoms with Crippen molar-refractivity contribution in [3.05, 3.63) is 60.3 Å². The highest BCUT2D eigenvalue weighted by Crippen LogP contribution is 2.35. The highest BCUT2D eigenvalue weighted by Gasteiger charge is 2.42. The van der Waals surface area contributed by atoms with Crippen molar-refractivity contribution in [2.24, 2.45) is 11.8 Å². The van der Waals surface area contributed by atoms with Gasteiger partial charge in [-0.3, -0.25) is 9.59 Å². The number of H-pyrrole nitrogens is 2. The molecule has 2 aromatic heterocycles. The zero-order chi connectivity index (χ0) is 38.0. The van der Waals surface area contributed by atoms with Crippen molar-refractivity contribution in [2.75, 3.05) is 27.3 Å². The number of benzene rings is 2. The van der Waals surface area contributed by atoms with Crippen LogP contribution < -0.4 is 10.6 Å². The number of aromatic nitrogens is 4. The van der Waals surface area contributed by atoms with E-state index in [1.54, 1.807) is 16.0 Å². The third-order valence-corrected chi connectivity index (χ3v) is 10.2. The molecule has 0 radical (unpaired) electrons. The Kier molecular flexibility index (Phi) is 11.0. The van der Waals surface area contributed by atoms with Crippen molar-refractivity contribution in [3.8, 4) is 22.4 Å². The van der Waals surface area contributed by atoms with Crippen LogP contribution in [0.2, 0.25) is 0 Å². The molecule has 0 saturated carbocycles. The standard InChI is InChI=1S/C38H48N8O7/c1-20(2)30(43-37(50)52-5)35(48)45-16-7-8-28(45)33-40-25-14-13-24(18-26(25)41-33)22-9-11-23(12-10-22)27-19-39-34(42-27)32-29(47)15-17-46(32)36(49)31(21(3)4)44-38(51)53-6/h9-14,18-21,28-32,47H,7-8,15-17H2,1-6H3,(H,39,42)(H,40,41)(H,43,50)(H,44,51)/t28-,29-,30-,31-,32-/m0/s1. The maximum atomic E-state index is 13.6. The van der Waals surface area contributed by atoms with E-state index in [1.807, 2.05) is 70.2 Å². The smallest absolute Gasteiger partial charge is 0.407 e. The summed E-state index contributed by atoms with van der Waals surface area (Å²) >= 11 is 0. The van der Waals surface area contributed by atoms with Crippen molar-refractivity contribution < 1.29 is 33.8 Å². The summed E-state index contributed by atoms with van der Waals surface area (Å²) in [4.78, 5) is 70.6. The van der Waals surface area contributed by atoms with Gasteiger partial charge in [0.25, 0.3) is 0 Å². The van der Waals surface area contributed by atoms with Gasteiger partial charge in [-0.05, 0) is 59.9 Å². The van der Waals surface area contributed by atoms with Crippen LogP contribution in [0.3, 0.4) is 0 Å². The van der Waals surface area contributed by atoms with E-state index in [0.29, 0.717) is 31.2 Å². The molecule has 15 nitrogen and oxygen atoms in total. The lowest BCUT2D eigenvalue weighted by atomic mass is 10.0. The minimum absolute atomic E-state index is 0.120. The zero-order valence-electron chi connectivity index (χ0n) is 30.9. The van der Waals surface area contributed by atoms with E-state index in [-0.39, 0.29) is 29.7 Å². The van der Waals surface area contributed by atoms with Gasteiger partial charge in [-0.15, -0.1) is 0 Å². The average Bonchev–Trinajstić information content (AvgIpc) is 3.97. The van der Waals surface area contributed by atoms with Crippen molar-refractivity contribution in [2.45, 2.75) is 77.2 Å². The van der Waals surface area contributed by atoms with Gasteiger partial charge in [-0.25, -0.2) is 19.6 Å². The maximum Gasteiger partial charge on any atom is 0.407 e. The van der Waals surface area contributed by atoms with E-state index in [2.05, 4.69) is 25.6 Å². The number of likely N-dealkylation sites (tertiary alicyclic amines) is 2. The molecule has 5 N–H and O–H groups in total. The number of nitrogens with zero attached hydrogens (tertiary/aromatic N) is 4. The number of aliphatic hydroxyl groups excluding tert-OH is 1. The molecule has 2 fully saturated rings. The van der Waals surface area contributed by atoms with Crippen LogP contribution in [0, 0.1) is 11.8 Å². The largest absolute Gasteiger partial charge is 0.453 e. The highest BCUT2D eigenvalue weighted by molar-refractivity contribution is 5.88. The number of amides is 4. The molecule has 2 aliphatic rings. The molecule has 282 valence electrons. The van der Waals surface area contributed by atoms with E-state index in [9.17, 15) is 24.3 Å². The summed E-state index contributed by atoms with van der Waals surface area (Å²) in [6, 6.07) is 11.5. The molecule has 2 saturated heterocycles. The lowest BCUT2D eigenvalue weighted by Gasteiger charge is -2.30. The number of carbonyl (C=O) groups excluding carboxylic acids is 4. The minimum atomic E-state index is -0.818. The molecule has 0 aliphatic carbocycles. The molecule has 2 aromatic carbocycles. The van der Waals surface area contributed by atoms with Gasteiger partial charge < -0.3 is 45.0 Å². The van der Waals surface area contributed by atoms with Gasteiger partial charge in [0, 0.05) is 13.1 Å². The normalized spacial score (nSPS) is 19.8. The van der Waals surface area contributed by atoms with E-state index >= 15 is 0 Å². The third kappa shape index (κ3) is 7.70. The molecule has 2 aliphatic heterocycles. The quantitative estimate of drug-likeness (QED) is 0.154. The molecule has 15 heteroatoms. The van der Waals surface area contributed by atoms with Gasteiger partial charge >= 0.3 is 12.2 Å². The fourth-order valence-electron chi connectivity index (χ4n) is 7.27. The predicted octanol–water partition coefficient (Wildman–Crippen LogP) is 4.68. The van der Waals surface area contributed by atoms with E-state index in [4.69, 9.17) is 14.5 Å². The number of alkyl carbamates (subject to hydrolysis) is 2. The van der Waals surface area contributed by atoms with Gasteiger partial charge in [0.05, 0.1) is 49.3 Å². The first kappa shape index (κ1) is 37.3. The first-order valence-electron chi connectivity index (χ1n) is 18.0. The number of hydrogen-bond acceptors (Lipinski definition) is 9. The number of rotatable bonds is 10. The van der Waals surface area contributed by atoms with Crippen LogP contribution in [0.4, 0.5) is 9.59 Å².